The van der Waals surface area contributed by atoms with Crippen LogP contribution < -0.4 is 0 Å². The largest absolute Gasteiger partial charge is 0.456 e. The summed E-state index contributed by atoms with van der Waals surface area (Å²) in [4.78, 5) is 45.5. The van der Waals surface area contributed by atoms with Gasteiger partial charge in [0.1, 0.15) is 11.2 Å². The van der Waals surface area contributed by atoms with E-state index in [2.05, 4.69) is 373 Å². The maximum absolute atomic E-state index is 6.23. The predicted molar refractivity (Wildman–Crippen MR) is 586 cm³/mol. The second kappa shape index (κ2) is 35.6. The van der Waals surface area contributed by atoms with Crippen molar-refractivity contribution in [2.24, 2.45) is 0 Å². The first-order chi connectivity index (χ1) is 69.5. The summed E-state index contributed by atoms with van der Waals surface area (Å²) in [5.41, 5.74) is 18.6. The Labute approximate surface area is 814 Å². The van der Waals surface area contributed by atoms with E-state index in [4.69, 9.17) is 49.3 Å². The molecular weight excluding hydrogens is 1720 g/mol. The van der Waals surface area contributed by atoms with Crippen LogP contribution in [0, 0.1) is 0 Å². The van der Waals surface area contributed by atoms with E-state index in [1.54, 1.807) is 0 Å². The Morgan fingerprint density at radius 3 is 0.993 bits per heavy atom. The molecule has 0 saturated heterocycles. The molecule has 0 amide bonds. The average molecular weight is 1800 g/mol. The average Bonchev–Trinajstić information content (AvgIpc) is 1.59. The lowest BCUT2D eigenvalue weighted by Crippen LogP contribution is -2.10. The molecule has 0 spiro atoms. The van der Waals surface area contributed by atoms with E-state index in [1.807, 2.05) is 121 Å². The predicted octanol–water partition coefficient (Wildman–Crippen LogP) is 34.3. The Morgan fingerprint density at radius 1 is 0.149 bits per heavy atom. The summed E-state index contributed by atoms with van der Waals surface area (Å²) < 4.78 is 6.23. The summed E-state index contributed by atoms with van der Waals surface area (Å²) >= 11 is 0. The molecule has 0 aliphatic rings. The molecule has 0 N–H and O–H groups in total. The van der Waals surface area contributed by atoms with Gasteiger partial charge >= 0.3 is 0 Å². The van der Waals surface area contributed by atoms with Crippen LogP contribution in [0.25, 0.3) is 266 Å². The highest BCUT2D eigenvalue weighted by Crippen LogP contribution is 2.45. The topological polar surface area (TPSA) is 129 Å². The lowest BCUT2D eigenvalue weighted by molar-refractivity contribution is 0.590. The number of rotatable bonds is 12. The molecule has 0 fully saturated rings. The molecule has 0 unspecified atom stereocenters. The summed E-state index contributed by atoms with van der Waals surface area (Å²) in [5.74, 6) is 5.81. The lowest BCUT2D eigenvalue weighted by atomic mass is 9.87. The zero-order valence-electron chi connectivity index (χ0n) is 77.5. The molecule has 0 aliphatic heterocycles. The van der Waals surface area contributed by atoms with Crippen molar-refractivity contribution in [2.45, 2.75) is 26.2 Å². The maximum Gasteiger partial charge on any atom is 0.164 e. The number of aromatic nitrogens is 9. The molecule has 0 atom stereocenters. The minimum absolute atomic E-state index is 0.0697. The highest BCUT2D eigenvalue weighted by Gasteiger charge is 2.24. The molecular formula is C131H87N9O. The quantitative estimate of drug-likeness (QED) is 0.109. The zero-order chi connectivity index (χ0) is 94.0. The second-order valence-electron chi connectivity index (χ2n) is 37.0. The molecule has 0 saturated carbocycles. The van der Waals surface area contributed by atoms with Crippen molar-refractivity contribution in [3.8, 4) is 136 Å². The van der Waals surface area contributed by atoms with Crippen molar-refractivity contribution in [1.82, 2.24) is 44.9 Å². The molecule has 0 bridgehead atoms. The van der Waals surface area contributed by atoms with Gasteiger partial charge in [-0.3, -0.25) is 0 Å². The lowest BCUT2D eigenvalue weighted by Gasteiger charge is -2.19. The van der Waals surface area contributed by atoms with Crippen LogP contribution >= 0.6 is 0 Å². The van der Waals surface area contributed by atoms with Crippen molar-refractivity contribution in [1.29, 1.82) is 0 Å². The number of hydrogen-bond acceptors (Lipinski definition) is 10. The molecule has 0 aliphatic carbocycles. The number of fused-ring (bicyclic) bond motifs is 19. The van der Waals surface area contributed by atoms with Gasteiger partial charge in [-0.05, 0) is 195 Å². The molecule has 141 heavy (non-hydrogen) atoms. The number of para-hydroxylation sites is 1. The Bertz CT molecular complexity index is 9590. The molecule has 23 aromatic carbocycles. The van der Waals surface area contributed by atoms with Gasteiger partial charge in [0.05, 0.1) is 0 Å². The van der Waals surface area contributed by atoms with Crippen LogP contribution in [0.3, 0.4) is 0 Å². The Morgan fingerprint density at radius 2 is 0.447 bits per heavy atom. The molecule has 0 radical (unpaired) electrons. The van der Waals surface area contributed by atoms with Gasteiger partial charge in [0, 0.05) is 60.8 Å². The third kappa shape index (κ3) is 16.0. The van der Waals surface area contributed by atoms with Gasteiger partial charge in [-0.15, -0.1) is 0 Å². The first-order valence-electron chi connectivity index (χ1n) is 47.8. The van der Waals surface area contributed by atoms with Crippen molar-refractivity contribution in [2.75, 3.05) is 0 Å². The van der Waals surface area contributed by atoms with Crippen LogP contribution in [0.5, 0.6) is 0 Å². The fourth-order valence-electron chi connectivity index (χ4n) is 20.2. The van der Waals surface area contributed by atoms with Gasteiger partial charge in [-0.25, -0.2) is 44.9 Å². The smallest absolute Gasteiger partial charge is 0.164 e. The van der Waals surface area contributed by atoms with E-state index in [-0.39, 0.29) is 5.41 Å². The standard InChI is InChI=1S/C45H27N3O.C43H27N3.C43H33N3/c1-3-12-28(13-4-1)38-27-39-34(32-16-7-8-17-33(32)38)25-24-29-22-23-31(26-37(29)39)44-46-43(30-14-5-2-6-15-30)47-45(48-44)36-19-11-21-41-42(36)35-18-9-10-20-40(35)49-41;1-2-12-31(13-3-1)41-44-42(34-21-18-28-10-4-5-14-32(28)26-34)46-43(45-41)39-17-9-8-16-36(39)33-20-19-30-23-24-37-35-15-7-6-11-29(35)22-25-38(37)40(30)27-33;1-43(2,3)33-22-19-31(20-23-33)41-44-40(30-13-8-5-9-14-30)45-42(46-41)32-18-17-29-21-24-37-35-16-10-15-34(28-11-6-4-7-12-28)36(35)25-26-38(37)39(29)27-32/h1-27H;1-27H;4-27H,1-3H3. The van der Waals surface area contributed by atoms with Gasteiger partial charge in [0.15, 0.2) is 52.4 Å². The van der Waals surface area contributed by atoms with Gasteiger partial charge in [-0.2, -0.15) is 0 Å². The third-order valence-corrected chi connectivity index (χ3v) is 27.3. The fraction of sp³-hybridized carbons (Fsp3) is 0.0305. The number of hydrogen-bond donors (Lipinski definition) is 0. The highest BCUT2D eigenvalue weighted by molar-refractivity contribution is 6.23. The second-order valence-corrected chi connectivity index (χ2v) is 37.0. The zero-order valence-corrected chi connectivity index (χ0v) is 77.5. The Kier molecular flexibility index (Phi) is 21.3. The minimum atomic E-state index is 0.0697. The molecule has 4 aromatic heterocycles. The van der Waals surface area contributed by atoms with E-state index >= 15 is 0 Å². The van der Waals surface area contributed by atoms with Gasteiger partial charge in [0.2, 0.25) is 0 Å². The normalized spacial score (nSPS) is 11.7. The minimum Gasteiger partial charge on any atom is -0.456 e. The SMILES string of the molecule is CC(C)(C)c1ccc(-c2nc(-c3ccccc3)nc(-c3ccc4ccc5c6cccc(-c7ccccc7)c6ccc5c4c3)n2)cc1.c1ccc(-c2nc(-c3ccc4ccc5c6ccccc6c(-c6ccccc6)cc5c4c3)nc(-c3cccc4oc5ccccc5c34)n2)cc1.c1ccc(-c2nc(-c3ccc4ccccc4c3)nc(-c3ccccc3-c3ccc4ccc5c6ccccc6ccc5c4c3)n2)cc1. The summed E-state index contributed by atoms with van der Waals surface area (Å²) in [7, 11) is 0. The van der Waals surface area contributed by atoms with Crippen molar-refractivity contribution in [3.05, 3.63) is 479 Å². The van der Waals surface area contributed by atoms with Gasteiger partial charge < -0.3 is 4.42 Å². The summed E-state index contributed by atoms with van der Waals surface area (Å²) in [6.07, 6.45) is 0. The van der Waals surface area contributed by atoms with E-state index in [0.717, 1.165) is 99.3 Å². The van der Waals surface area contributed by atoms with Crippen LogP contribution in [-0.2, 0) is 5.41 Å². The summed E-state index contributed by atoms with van der Waals surface area (Å²) in [6, 6.07) is 166. The van der Waals surface area contributed by atoms with Crippen LogP contribution in [0.15, 0.2) is 478 Å². The molecule has 662 valence electrons. The van der Waals surface area contributed by atoms with Crippen molar-refractivity contribution in [3.63, 3.8) is 0 Å². The third-order valence-electron chi connectivity index (χ3n) is 27.3. The summed E-state index contributed by atoms with van der Waals surface area (Å²) in [6.45, 7) is 6.68. The van der Waals surface area contributed by atoms with Crippen LogP contribution in [0.2, 0.25) is 0 Å². The molecule has 4 heterocycles. The van der Waals surface area contributed by atoms with Crippen LogP contribution in [0.1, 0.15) is 26.3 Å². The van der Waals surface area contributed by atoms with E-state index in [1.165, 1.54) is 119 Å². The highest BCUT2D eigenvalue weighted by atomic mass is 16.3. The molecule has 10 heteroatoms. The molecule has 27 aromatic rings. The number of nitrogens with zero attached hydrogens (tertiary/aromatic N) is 9. The Balaban J connectivity index is 0.000000111. The molecule has 27 rings (SSSR count). The van der Waals surface area contributed by atoms with Gasteiger partial charge in [-0.1, -0.05) is 451 Å². The van der Waals surface area contributed by atoms with Crippen LogP contribution in [0.4, 0.5) is 0 Å². The fourth-order valence-corrected chi connectivity index (χ4v) is 20.2. The van der Waals surface area contributed by atoms with Crippen molar-refractivity contribution >= 4 is 130 Å². The summed E-state index contributed by atoms with van der Waals surface area (Å²) in [5, 5.41) is 26.4. The first kappa shape index (κ1) is 84.2. The monoisotopic (exact) mass is 1800 g/mol. The van der Waals surface area contributed by atoms with Crippen LogP contribution in [-0.4, -0.2) is 44.9 Å². The number of furan rings is 1. The maximum atomic E-state index is 6.23. The molecule has 10 nitrogen and oxygen atoms in total. The number of benzene rings is 23. The van der Waals surface area contributed by atoms with E-state index in [0.29, 0.717) is 52.4 Å². The van der Waals surface area contributed by atoms with E-state index in [9.17, 15) is 0 Å². The van der Waals surface area contributed by atoms with E-state index < -0.39 is 0 Å². The first-order valence-corrected chi connectivity index (χ1v) is 47.8. The van der Waals surface area contributed by atoms with Gasteiger partial charge in [0.25, 0.3) is 0 Å². The van der Waals surface area contributed by atoms with Crippen molar-refractivity contribution < 1.29 is 4.42 Å². The Hall–Kier alpha value is -18.5.